The zero-order valence-electron chi connectivity index (χ0n) is 11.8. The number of sulfonamides is 1. The number of methoxy groups -OCH3 is 1. The first-order valence-electron chi connectivity index (χ1n) is 7.35. The number of rotatable bonds is 8. The number of nitrogens with one attached hydrogen (secondary N) is 1. The first kappa shape index (κ1) is 15.2. The van der Waals surface area contributed by atoms with Gasteiger partial charge in [0.15, 0.2) is 0 Å². The molecule has 0 bridgehead atoms. The van der Waals surface area contributed by atoms with E-state index < -0.39 is 10.0 Å². The smallest absolute Gasteiger partial charge is 0.214 e. The average Bonchev–Trinajstić information content (AvgIpc) is 3.23. The Hall–Kier alpha value is -0.170. The standard InChI is InChI=1S/C13H26N2O3S/c1-18-10-9-15(13-5-6-13)19(16,17)11-7-12-4-2-3-8-14-12/h12-14H,2-11H2,1H3. The summed E-state index contributed by atoms with van der Waals surface area (Å²) < 4.78 is 31.5. The molecule has 112 valence electrons. The van der Waals surface area contributed by atoms with Crippen LogP contribution in [0.4, 0.5) is 0 Å². The third-order valence-corrected chi connectivity index (χ3v) is 5.91. The van der Waals surface area contributed by atoms with Gasteiger partial charge in [0, 0.05) is 25.7 Å². The van der Waals surface area contributed by atoms with Crippen molar-refractivity contribution >= 4 is 10.0 Å². The third kappa shape index (κ3) is 4.70. The lowest BCUT2D eigenvalue weighted by molar-refractivity contribution is 0.177. The average molecular weight is 290 g/mol. The van der Waals surface area contributed by atoms with Crippen LogP contribution in [0.15, 0.2) is 0 Å². The molecule has 1 unspecified atom stereocenters. The van der Waals surface area contributed by atoms with Gasteiger partial charge in [-0.3, -0.25) is 0 Å². The van der Waals surface area contributed by atoms with Crippen molar-refractivity contribution in [3.63, 3.8) is 0 Å². The van der Waals surface area contributed by atoms with E-state index in [0.29, 0.717) is 19.2 Å². The monoisotopic (exact) mass is 290 g/mol. The highest BCUT2D eigenvalue weighted by Gasteiger charge is 2.36. The fourth-order valence-electron chi connectivity index (χ4n) is 2.67. The highest BCUT2D eigenvalue weighted by molar-refractivity contribution is 7.89. The third-order valence-electron chi connectivity index (χ3n) is 3.96. The van der Waals surface area contributed by atoms with Crippen molar-refractivity contribution in [2.24, 2.45) is 0 Å². The topological polar surface area (TPSA) is 58.6 Å². The van der Waals surface area contributed by atoms with E-state index in [1.54, 1.807) is 11.4 Å². The van der Waals surface area contributed by atoms with E-state index in [1.165, 1.54) is 12.8 Å². The molecule has 1 saturated carbocycles. The van der Waals surface area contributed by atoms with Crippen LogP contribution in [0.5, 0.6) is 0 Å². The van der Waals surface area contributed by atoms with Gasteiger partial charge in [0.05, 0.1) is 12.4 Å². The van der Waals surface area contributed by atoms with Crippen molar-refractivity contribution in [1.82, 2.24) is 9.62 Å². The summed E-state index contributed by atoms with van der Waals surface area (Å²) in [5.74, 6) is 0.269. The second kappa shape index (κ2) is 7.02. The maximum absolute atomic E-state index is 12.4. The fraction of sp³-hybridized carbons (Fsp3) is 1.00. The first-order chi connectivity index (χ1) is 9.13. The number of ether oxygens (including phenoxy) is 1. The van der Waals surface area contributed by atoms with Crippen LogP contribution >= 0.6 is 0 Å². The molecule has 2 fully saturated rings. The number of nitrogens with zero attached hydrogens (tertiary/aromatic N) is 1. The summed E-state index contributed by atoms with van der Waals surface area (Å²) in [7, 11) is -1.50. The Labute approximate surface area is 116 Å². The van der Waals surface area contributed by atoms with Crippen LogP contribution in [0.3, 0.4) is 0 Å². The molecule has 1 atom stereocenters. The van der Waals surface area contributed by atoms with Crippen LogP contribution in [0.25, 0.3) is 0 Å². The van der Waals surface area contributed by atoms with Crippen molar-refractivity contribution < 1.29 is 13.2 Å². The first-order valence-corrected chi connectivity index (χ1v) is 8.96. The lowest BCUT2D eigenvalue weighted by Gasteiger charge is -2.26. The van der Waals surface area contributed by atoms with E-state index >= 15 is 0 Å². The Bertz CT molecular complexity index is 362. The lowest BCUT2D eigenvalue weighted by atomic mass is 10.0. The fourth-order valence-corrected chi connectivity index (χ4v) is 4.51. The van der Waals surface area contributed by atoms with Gasteiger partial charge >= 0.3 is 0 Å². The molecule has 0 aromatic rings. The predicted octanol–water partition coefficient (Wildman–Crippen LogP) is 0.959. The molecular formula is C13H26N2O3S. The van der Waals surface area contributed by atoms with Crippen molar-refractivity contribution in [3.05, 3.63) is 0 Å². The minimum Gasteiger partial charge on any atom is -0.383 e. The second-order valence-corrected chi connectivity index (χ2v) is 7.63. The summed E-state index contributed by atoms with van der Waals surface area (Å²) in [4.78, 5) is 0. The van der Waals surface area contributed by atoms with E-state index in [2.05, 4.69) is 5.32 Å². The normalized spacial score (nSPS) is 24.8. The quantitative estimate of drug-likeness (QED) is 0.723. The van der Waals surface area contributed by atoms with Crippen LogP contribution in [-0.4, -0.2) is 57.4 Å². The summed E-state index contributed by atoms with van der Waals surface area (Å²) in [5.41, 5.74) is 0. The Morgan fingerprint density at radius 3 is 2.63 bits per heavy atom. The maximum Gasteiger partial charge on any atom is 0.214 e. The highest BCUT2D eigenvalue weighted by Crippen LogP contribution is 2.29. The van der Waals surface area contributed by atoms with E-state index in [0.717, 1.165) is 32.2 Å². The largest absolute Gasteiger partial charge is 0.383 e. The van der Waals surface area contributed by atoms with E-state index in [9.17, 15) is 8.42 Å². The van der Waals surface area contributed by atoms with Crippen LogP contribution in [0, 0.1) is 0 Å². The van der Waals surface area contributed by atoms with Crippen molar-refractivity contribution in [2.45, 2.75) is 50.6 Å². The van der Waals surface area contributed by atoms with Gasteiger partial charge in [0.25, 0.3) is 0 Å². The Kier molecular flexibility index (Phi) is 5.62. The predicted molar refractivity (Wildman–Crippen MR) is 75.6 cm³/mol. The Morgan fingerprint density at radius 2 is 2.05 bits per heavy atom. The molecule has 1 heterocycles. The van der Waals surface area contributed by atoms with Crippen LogP contribution in [-0.2, 0) is 14.8 Å². The maximum atomic E-state index is 12.4. The zero-order chi connectivity index (χ0) is 13.7. The van der Waals surface area contributed by atoms with E-state index in [1.807, 2.05) is 0 Å². The molecule has 0 radical (unpaired) electrons. The van der Waals surface area contributed by atoms with Gasteiger partial charge in [-0.1, -0.05) is 6.42 Å². The molecule has 1 aliphatic heterocycles. The van der Waals surface area contributed by atoms with Crippen LogP contribution in [0.2, 0.25) is 0 Å². The molecule has 2 aliphatic rings. The molecule has 1 aliphatic carbocycles. The molecule has 1 N–H and O–H groups in total. The van der Waals surface area contributed by atoms with Crippen LogP contribution < -0.4 is 5.32 Å². The summed E-state index contributed by atoms with van der Waals surface area (Å²) in [5, 5.41) is 3.41. The van der Waals surface area contributed by atoms with Gasteiger partial charge in [-0.05, 0) is 38.6 Å². The number of hydrogen-bond acceptors (Lipinski definition) is 4. The Balaban J connectivity index is 1.84. The summed E-state index contributed by atoms with van der Waals surface area (Å²) in [6, 6.07) is 0.617. The molecular weight excluding hydrogens is 264 g/mol. The minimum absolute atomic E-state index is 0.236. The van der Waals surface area contributed by atoms with Crippen LogP contribution in [0.1, 0.15) is 38.5 Å². The zero-order valence-corrected chi connectivity index (χ0v) is 12.6. The lowest BCUT2D eigenvalue weighted by Crippen LogP contribution is -2.40. The number of hydrogen-bond donors (Lipinski definition) is 1. The molecule has 0 aromatic carbocycles. The second-order valence-electron chi connectivity index (χ2n) is 5.59. The van der Waals surface area contributed by atoms with Gasteiger partial charge in [0.1, 0.15) is 0 Å². The van der Waals surface area contributed by atoms with Gasteiger partial charge in [0.2, 0.25) is 10.0 Å². The van der Waals surface area contributed by atoms with Gasteiger partial charge in [-0.2, -0.15) is 4.31 Å². The summed E-state index contributed by atoms with van der Waals surface area (Å²) >= 11 is 0. The minimum atomic E-state index is -3.12. The molecule has 1 saturated heterocycles. The molecule has 0 aromatic heterocycles. The molecule has 6 heteroatoms. The van der Waals surface area contributed by atoms with E-state index in [4.69, 9.17) is 4.74 Å². The van der Waals surface area contributed by atoms with Crippen molar-refractivity contribution in [1.29, 1.82) is 0 Å². The summed E-state index contributed by atoms with van der Waals surface area (Å²) in [6.07, 6.45) is 6.28. The van der Waals surface area contributed by atoms with Gasteiger partial charge < -0.3 is 10.1 Å². The molecule has 0 spiro atoms. The number of piperidine rings is 1. The van der Waals surface area contributed by atoms with Gasteiger partial charge in [-0.15, -0.1) is 0 Å². The van der Waals surface area contributed by atoms with E-state index in [-0.39, 0.29) is 11.8 Å². The van der Waals surface area contributed by atoms with Crippen molar-refractivity contribution in [2.75, 3.05) is 32.6 Å². The SMILES string of the molecule is COCCN(C1CC1)S(=O)(=O)CCC1CCCCN1. The highest BCUT2D eigenvalue weighted by atomic mass is 32.2. The molecule has 0 amide bonds. The molecule has 5 nitrogen and oxygen atoms in total. The van der Waals surface area contributed by atoms with Crippen molar-refractivity contribution in [3.8, 4) is 0 Å². The van der Waals surface area contributed by atoms with Gasteiger partial charge in [-0.25, -0.2) is 8.42 Å². The molecule has 19 heavy (non-hydrogen) atoms. The summed E-state index contributed by atoms with van der Waals surface area (Å²) in [6.45, 7) is 2.01. The Morgan fingerprint density at radius 1 is 1.26 bits per heavy atom. The molecule has 2 rings (SSSR count).